The Kier molecular flexibility index (Phi) is 4.20. The molecule has 0 spiro atoms. The van der Waals surface area contributed by atoms with Crippen molar-refractivity contribution >= 4 is 17.5 Å². The van der Waals surface area contributed by atoms with Gasteiger partial charge in [-0.05, 0) is 18.6 Å². The van der Waals surface area contributed by atoms with Crippen molar-refractivity contribution in [3.63, 3.8) is 0 Å². The Labute approximate surface area is 94.6 Å². The molecule has 0 aliphatic carbocycles. The number of amides is 1. The summed E-state index contributed by atoms with van der Waals surface area (Å²) >= 11 is 6.04. The van der Waals surface area contributed by atoms with Crippen molar-refractivity contribution in [2.45, 2.75) is 13.8 Å². The highest BCUT2D eigenvalue weighted by Crippen LogP contribution is 2.18. The van der Waals surface area contributed by atoms with Crippen molar-refractivity contribution in [2.75, 3.05) is 6.54 Å². The van der Waals surface area contributed by atoms with E-state index in [1.54, 1.807) is 0 Å². The van der Waals surface area contributed by atoms with E-state index in [9.17, 15) is 4.79 Å². The summed E-state index contributed by atoms with van der Waals surface area (Å²) in [4.78, 5) is 10.6. The number of rotatable bonds is 1. The number of benzene rings is 1. The fraction of sp³-hybridized carbons (Fsp3) is 0.250. The van der Waals surface area contributed by atoms with Gasteiger partial charge in [-0.25, -0.2) is 0 Å². The summed E-state index contributed by atoms with van der Waals surface area (Å²) in [5.74, 6) is 5.66. The van der Waals surface area contributed by atoms with Crippen molar-refractivity contribution in [1.82, 2.24) is 5.32 Å². The van der Waals surface area contributed by atoms with Crippen LogP contribution in [0.4, 0.5) is 0 Å². The molecule has 1 amide bonds. The minimum absolute atomic E-state index is 0.0837. The molecule has 78 valence electrons. The average molecular weight is 222 g/mol. The maximum absolute atomic E-state index is 10.6. The van der Waals surface area contributed by atoms with Gasteiger partial charge in [-0.1, -0.05) is 35.6 Å². The number of halogens is 1. The topological polar surface area (TPSA) is 29.1 Å². The largest absolute Gasteiger partial charge is 0.345 e. The van der Waals surface area contributed by atoms with Crippen molar-refractivity contribution < 1.29 is 4.79 Å². The van der Waals surface area contributed by atoms with Gasteiger partial charge >= 0.3 is 0 Å². The van der Waals surface area contributed by atoms with Crippen molar-refractivity contribution in [1.29, 1.82) is 0 Å². The molecule has 0 fully saturated rings. The van der Waals surface area contributed by atoms with E-state index in [1.165, 1.54) is 6.92 Å². The van der Waals surface area contributed by atoms with Crippen LogP contribution in [0, 0.1) is 18.8 Å². The van der Waals surface area contributed by atoms with Crippen LogP contribution in [0.25, 0.3) is 0 Å². The summed E-state index contributed by atoms with van der Waals surface area (Å²) in [7, 11) is 0. The molecule has 1 aromatic rings. The van der Waals surface area contributed by atoms with E-state index in [0.717, 1.165) is 11.1 Å². The van der Waals surface area contributed by atoms with E-state index in [1.807, 2.05) is 25.1 Å². The molecule has 1 N–H and O–H groups in total. The zero-order valence-electron chi connectivity index (χ0n) is 8.73. The minimum atomic E-state index is -0.0837. The Hall–Kier alpha value is -1.46. The SMILES string of the molecule is CC(=O)NCC#Cc1cccc(C)c1Cl. The molecule has 1 rings (SSSR count). The van der Waals surface area contributed by atoms with Gasteiger partial charge in [0.15, 0.2) is 0 Å². The molecule has 0 aliphatic heterocycles. The number of aryl methyl sites for hydroxylation is 1. The summed E-state index contributed by atoms with van der Waals surface area (Å²) in [6.45, 7) is 3.74. The highest BCUT2D eigenvalue weighted by atomic mass is 35.5. The van der Waals surface area contributed by atoms with Crippen LogP contribution in [-0.2, 0) is 4.79 Å². The van der Waals surface area contributed by atoms with Crippen LogP contribution in [-0.4, -0.2) is 12.5 Å². The first-order valence-corrected chi connectivity index (χ1v) is 4.97. The zero-order valence-corrected chi connectivity index (χ0v) is 9.48. The summed E-state index contributed by atoms with van der Waals surface area (Å²) in [6, 6.07) is 5.70. The molecule has 0 aliphatic rings. The van der Waals surface area contributed by atoms with Crippen molar-refractivity contribution in [3.05, 3.63) is 34.3 Å². The molecule has 0 saturated heterocycles. The zero-order chi connectivity index (χ0) is 11.3. The van der Waals surface area contributed by atoms with Crippen LogP contribution >= 0.6 is 11.6 Å². The van der Waals surface area contributed by atoms with Gasteiger partial charge in [0.1, 0.15) is 0 Å². The van der Waals surface area contributed by atoms with E-state index < -0.39 is 0 Å². The first-order chi connectivity index (χ1) is 7.11. The van der Waals surface area contributed by atoms with Gasteiger partial charge < -0.3 is 5.32 Å². The molecule has 3 heteroatoms. The highest BCUT2D eigenvalue weighted by molar-refractivity contribution is 6.32. The van der Waals surface area contributed by atoms with E-state index in [0.29, 0.717) is 11.6 Å². The Bertz CT molecular complexity index is 429. The molecule has 0 bridgehead atoms. The van der Waals surface area contributed by atoms with E-state index in [-0.39, 0.29) is 5.91 Å². The predicted octanol–water partition coefficient (Wildman–Crippen LogP) is 2.14. The lowest BCUT2D eigenvalue weighted by atomic mass is 10.1. The van der Waals surface area contributed by atoms with Gasteiger partial charge in [-0.3, -0.25) is 4.79 Å². The van der Waals surface area contributed by atoms with Gasteiger partial charge in [0.25, 0.3) is 0 Å². The predicted molar refractivity (Wildman–Crippen MR) is 61.8 cm³/mol. The average Bonchev–Trinajstić information content (AvgIpc) is 2.18. The summed E-state index contributed by atoms with van der Waals surface area (Å²) in [5.41, 5.74) is 1.80. The third kappa shape index (κ3) is 3.65. The van der Waals surface area contributed by atoms with Gasteiger partial charge in [-0.2, -0.15) is 0 Å². The van der Waals surface area contributed by atoms with Crippen molar-refractivity contribution in [2.24, 2.45) is 0 Å². The fourth-order valence-corrected chi connectivity index (χ4v) is 1.23. The van der Waals surface area contributed by atoms with Crippen LogP contribution in [0.3, 0.4) is 0 Å². The maximum atomic E-state index is 10.6. The molecule has 0 unspecified atom stereocenters. The van der Waals surface area contributed by atoms with Gasteiger partial charge in [0, 0.05) is 12.5 Å². The maximum Gasteiger partial charge on any atom is 0.217 e. The van der Waals surface area contributed by atoms with E-state index >= 15 is 0 Å². The van der Waals surface area contributed by atoms with E-state index in [4.69, 9.17) is 11.6 Å². The molecule has 15 heavy (non-hydrogen) atoms. The first kappa shape index (κ1) is 11.6. The molecule has 0 atom stereocenters. The van der Waals surface area contributed by atoms with Crippen molar-refractivity contribution in [3.8, 4) is 11.8 Å². The first-order valence-electron chi connectivity index (χ1n) is 4.59. The Morgan fingerprint density at radius 3 is 2.93 bits per heavy atom. The van der Waals surface area contributed by atoms with Gasteiger partial charge in [0.2, 0.25) is 5.91 Å². The van der Waals surface area contributed by atoms with Crippen LogP contribution < -0.4 is 5.32 Å². The highest BCUT2D eigenvalue weighted by Gasteiger charge is 1.98. The normalized spacial score (nSPS) is 9.00. The lowest BCUT2D eigenvalue weighted by Crippen LogP contribution is -2.19. The Morgan fingerprint density at radius 1 is 1.53 bits per heavy atom. The summed E-state index contributed by atoms with van der Waals surface area (Å²) < 4.78 is 0. The minimum Gasteiger partial charge on any atom is -0.345 e. The van der Waals surface area contributed by atoms with Crippen LogP contribution in [0.5, 0.6) is 0 Å². The van der Waals surface area contributed by atoms with Crippen LogP contribution in [0.15, 0.2) is 18.2 Å². The molecular weight excluding hydrogens is 210 g/mol. The molecular formula is C12H12ClNO. The van der Waals surface area contributed by atoms with E-state index in [2.05, 4.69) is 17.2 Å². The second-order valence-electron chi connectivity index (χ2n) is 3.15. The molecule has 0 radical (unpaired) electrons. The number of hydrogen-bond donors (Lipinski definition) is 1. The van der Waals surface area contributed by atoms with Crippen LogP contribution in [0.1, 0.15) is 18.1 Å². The third-order valence-electron chi connectivity index (χ3n) is 1.84. The summed E-state index contributed by atoms with van der Waals surface area (Å²) in [5, 5.41) is 3.27. The Morgan fingerprint density at radius 2 is 2.27 bits per heavy atom. The number of carbonyl (C=O) groups is 1. The molecule has 0 saturated carbocycles. The van der Waals surface area contributed by atoms with Crippen LogP contribution in [0.2, 0.25) is 5.02 Å². The molecule has 0 aromatic heterocycles. The monoisotopic (exact) mass is 221 g/mol. The number of carbonyl (C=O) groups excluding carboxylic acids is 1. The number of hydrogen-bond acceptors (Lipinski definition) is 1. The fourth-order valence-electron chi connectivity index (χ4n) is 1.05. The quantitative estimate of drug-likeness (QED) is 0.724. The third-order valence-corrected chi connectivity index (χ3v) is 2.34. The summed E-state index contributed by atoms with van der Waals surface area (Å²) in [6.07, 6.45) is 0. The smallest absolute Gasteiger partial charge is 0.217 e. The van der Waals surface area contributed by atoms with Gasteiger partial charge in [0.05, 0.1) is 11.6 Å². The number of nitrogens with one attached hydrogen (secondary N) is 1. The molecule has 1 aromatic carbocycles. The lowest BCUT2D eigenvalue weighted by Gasteiger charge is -1.99. The standard InChI is InChI=1S/C12H12ClNO/c1-9-5-3-6-11(12(9)13)7-4-8-14-10(2)15/h3,5-6H,8H2,1-2H3,(H,14,15). The van der Waals surface area contributed by atoms with Gasteiger partial charge in [-0.15, -0.1) is 0 Å². The molecule has 0 heterocycles. The second-order valence-corrected chi connectivity index (χ2v) is 3.53. The lowest BCUT2D eigenvalue weighted by molar-refractivity contribution is -0.118. The second kappa shape index (κ2) is 5.43. The Balaban J connectivity index is 2.72. The molecule has 2 nitrogen and oxygen atoms in total.